The Bertz CT molecular complexity index is 571. The number of hydrogen-bond acceptors (Lipinski definition) is 7. The zero-order valence-corrected chi connectivity index (χ0v) is 12.4. The molecule has 11 heteroatoms. The van der Waals surface area contributed by atoms with Crippen LogP contribution in [0.5, 0.6) is 0 Å². The van der Waals surface area contributed by atoms with Crippen LogP contribution in [0.3, 0.4) is 0 Å². The lowest BCUT2D eigenvalue weighted by Gasteiger charge is -2.18. The topological polar surface area (TPSA) is 161 Å². The number of aliphatic hydroxyl groups excluding tert-OH is 1. The molecule has 0 saturated carbocycles. The van der Waals surface area contributed by atoms with Crippen molar-refractivity contribution in [1.29, 1.82) is 0 Å². The van der Waals surface area contributed by atoms with Gasteiger partial charge >= 0.3 is 13.3 Å². The number of aromatic nitrogens is 3. The Labute approximate surface area is 120 Å². The van der Waals surface area contributed by atoms with Gasteiger partial charge in [-0.25, -0.2) is 4.79 Å². The summed E-state index contributed by atoms with van der Waals surface area (Å²) < 4.78 is 16.9. The molecule has 120 valence electrons. The minimum Gasteiger partial charge on any atom is -0.394 e. The van der Waals surface area contributed by atoms with Crippen molar-refractivity contribution in [2.45, 2.75) is 32.4 Å². The maximum Gasteiger partial charge on any atom is 0.352 e. The monoisotopic (exact) mass is 322 g/mol. The largest absolute Gasteiger partial charge is 0.394 e. The predicted molar refractivity (Wildman–Crippen MR) is 73.6 cm³/mol. The number of nitrogens with zero attached hydrogens (tertiary/aromatic N) is 3. The smallest absolute Gasteiger partial charge is 0.352 e. The molecule has 0 aliphatic carbocycles. The van der Waals surface area contributed by atoms with Crippen molar-refractivity contribution >= 4 is 13.5 Å². The van der Waals surface area contributed by atoms with Gasteiger partial charge in [0.25, 0.3) is 0 Å². The van der Waals surface area contributed by atoms with Crippen LogP contribution in [0.4, 0.5) is 5.95 Å². The molecule has 0 saturated heterocycles. The third-order valence-corrected chi connectivity index (χ3v) is 3.02. The molecule has 0 fully saturated rings. The van der Waals surface area contributed by atoms with Crippen LogP contribution in [0, 0.1) is 0 Å². The van der Waals surface area contributed by atoms with Crippen LogP contribution in [0.25, 0.3) is 0 Å². The van der Waals surface area contributed by atoms with E-state index in [4.69, 9.17) is 20.3 Å². The second-order valence-corrected chi connectivity index (χ2v) is 5.99. The van der Waals surface area contributed by atoms with E-state index in [2.05, 4.69) is 9.97 Å². The normalized spacial score (nSPS) is 13.3. The van der Waals surface area contributed by atoms with Gasteiger partial charge in [-0.1, -0.05) is 6.92 Å². The van der Waals surface area contributed by atoms with Crippen molar-refractivity contribution in [2.75, 3.05) is 18.7 Å². The van der Waals surface area contributed by atoms with Gasteiger partial charge in [-0.15, -0.1) is 0 Å². The van der Waals surface area contributed by atoms with E-state index in [9.17, 15) is 14.5 Å². The van der Waals surface area contributed by atoms with Gasteiger partial charge in [0.2, 0.25) is 5.95 Å². The van der Waals surface area contributed by atoms with Crippen molar-refractivity contribution in [3.63, 3.8) is 0 Å². The number of ether oxygens (including phenoxy) is 1. The highest BCUT2D eigenvalue weighted by Gasteiger charge is 2.20. The fourth-order valence-corrected chi connectivity index (χ4v) is 2.06. The molecule has 10 nitrogen and oxygen atoms in total. The van der Waals surface area contributed by atoms with Crippen LogP contribution in [0.1, 0.15) is 19.2 Å². The van der Waals surface area contributed by atoms with Crippen LogP contribution in [0.15, 0.2) is 4.79 Å². The summed E-state index contributed by atoms with van der Waals surface area (Å²) in [5, 5.41) is 9.19. The summed E-state index contributed by atoms with van der Waals surface area (Å²) >= 11 is 0. The van der Waals surface area contributed by atoms with Gasteiger partial charge in [-0.2, -0.15) is 9.97 Å². The van der Waals surface area contributed by atoms with E-state index < -0.39 is 32.3 Å². The summed E-state index contributed by atoms with van der Waals surface area (Å²) in [5.41, 5.74) is 4.77. The summed E-state index contributed by atoms with van der Waals surface area (Å²) in [7, 11) is -4.35. The van der Waals surface area contributed by atoms with Crippen molar-refractivity contribution in [1.82, 2.24) is 14.5 Å². The number of nitrogens with two attached hydrogens (primary N) is 1. The van der Waals surface area contributed by atoms with Gasteiger partial charge in [-0.05, 0) is 6.42 Å². The number of rotatable bonds is 8. The Morgan fingerprint density at radius 1 is 1.43 bits per heavy atom. The first kappa shape index (κ1) is 17.7. The summed E-state index contributed by atoms with van der Waals surface area (Å²) in [5.74, 6) is 0.240. The Morgan fingerprint density at radius 3 is 2.62 bits per heavy atom. The Balaban J connectivity index is 2.93. The molecule has 1 atom stereocenters. The van der Waals surface area contributed by atoms with Crippen molar-refractivity contribution in [2.24, 2.45) is 0 Å². The second kappa shape index (κ2) is 7.62. The standard InChI is InChI=1S/C10H19N4O6P/c1-2-3-8-12-9(11)13-10(16)14(8)4-7(5-15)20-6-21(17,18)19/h7,15H,2-6H2,1H3,(H2,11,13,16)(H2,17,18,19)/t7-/m0/s1. The van der Waals surface area contributed by atoms with Gasteiger partial charge < -0.3 is 25.4 Å². The fraction of sp³-hybridized carbons (Fsp3) is 0.700. The number of aryl methyl sites for hydroxylation is 1. The number of anilines is 1. The molecule has 1 aromatic rings. The zero-order chi connectivity index (χ0) is 16.0. The molecule has 1 aromatic heterocycles. The highest BCUT2D eigenvalue weighted by molar-refractivity contribution is 7.51. The molecule has 0 aliphatic rings. The number of hydrogen-bond donors (Lipinski definition) is 4. The molecule has 0 aliphatic heterocycles. The van der Waals surface area contributed by atoms with E-state index in [0.29, 0.717) is 18.7 Å². The maximum absolute atomic E-state index is 11.8. The van der Waals surface area contributed by atoms with Crippen molar-refractivity contribution in [3.05, 3.63) is 16.3 Å². The lowest BCUT2D eigenvalue weighted by Crippen LogP contribution is -2.35. The van der Waals surface area contributed by atoms with Crippen molar-refractivity contribution in [3.8, 4) is 0 Å². The van der Waals surface area contributed by atoms with Crippen molar-refractivity contribution < 1.29 is 24.2 Å². The van der Waals surface area contributed by atoms with Gasteiger partial charge in [0.1, 0.15) is 12.2 Å². The average molecular weight is 322 g/mol. The number of nitrogen functional groups attached to an aromatic ring is 1. The molecule has 1 heterocycles. The van der Waals surface area contributed by atoms with Crippen LogP contribution in [0.2, 0.25) is 0 Å². The lowest BCUT2D eigenvalue weighted by atomic mass is 10.3. The van der Waals surface area contributed by atoms with E-state index in [1.807, 2.05) is 6.92 Å². The maximum atomic E-state index is 11.8. The average Bonchev–Trinajstić information content (AvgIpc) is 2.36. The molecule has 0 aromatic carbocycles. The SMILES string of the molecule is CCCc1nc(N)nc(=O)n1C[C@@H](CO)OCP(=O)(O)O. The first-order chi connectivity index (χ1) is 9.76. The van der Waals surface area contributed by atoms with E-state index in [1.54, 1.807) is 0 Å². The Kier molecular flexibility index (Phi) is 6.43. The molecule has 0 bridgehead atoms. The number of aliphatic hydroxyl groups is 1. The van der Waals surface area contributed by atoms with E-state index in [1.165, 1.54) is 4.57 Å². The highest BCUT2D eigenvalue weighted by atomic mass is 31.2. The lowest BCUT2D eigenvalue weighted by molar-refractivity contribution is 0.0181. The highest BCUT2D eigenvalue weighted by Crippen LogP contribution is 2.34. The minimum absolute atomic E-state index is 0.120. The van der Waals surface area contributed by atoms with Gasteiger partial charge in [0.05, 0.1) is 19.3 Å². The van der Waals surface area contributed by atoms with Crippen LogP contribution in [-0.2, 0) is 22.3 Å². The van der Waals surface area contributed by atoms with Gasteiger partial charge in [0, 0.05) is 6.42 Å². The van der Waals surface area contributed by atoms with Gasteiger partial charge in [-0.3, -0.25) is 9.13 Å². The van der Waals surface area contributed by atoms with E-state index >= 15 is 0 Å². The Hall–Kier alpha value is -1.32. The van der Waals surface area contributed by atoms with Crippen LogP contribution >= 0.6 is 7.60 Å². The summed E-state index contributed by atoms with van der Waals surface area (Å²) in [6, 6.07) is 0. The predicted octanol–water partition coefficient (Wildman–Crippen LogP) is -1.31. The molecule has 1 rings (SSSR count). The molecule has 0 radical (unpaired) electrons. The third-order valence-electron chi connectivity index (χ3n) is 2.54. The zero-order valence-electron chi connectivity index (χ0n) is 11.5. The minimum atomic E-state index is -4.35. The van der Waals surface area contributed by atoms with E-state index in [0.717, 1.165) is 0 Å². The molecular formula is C10H19N4O6P. The molecule has 0 amide bonds. The molecule has 0 spiro atoms. The molecular weight excluding hydrogens is 303 g/mol. The molecule has 21 heavy (non-hydrogen) atoms. The van der Waals surface area contributed by atoms with Crippen LogP contribution in [-0.4, -0.2) is 48.5 Å². The second-order valence-electron chi connectivity index (χ2n) is 4.41. The first-order valence-corrected chi connectivity index (χ1v) is 8.06. The van der Waals surface area contributed by atoms with Crippen LogP contribution < -0.4 is 11.4 Å². The molecule has 0 unspecified atom stereocenters. The summed E-state index contributed by atoms with van der Waals surface area (Å²) in [4.78, 5) is 36.8. The third kappa shape index (κ3) is 5.90. The van der Waals surface area contributed by atoms with Gasteiger partial charge in [0.15, 0.2) is 0 Å². The summed E-state index contributed by atoms with van der Waals surface area (Å²) in [6.45, 7) is 1.26. The first-order valence-electron chi connectivity index (χ1n) is 6.27. The Morgan fingerprint density at radius 2 is 2.10 bits per heavy atom. The molecule has 5 N–H and O–H groups in total. The summed E-state index contributed by atoms with van der Waals surface area (Å²) in [6.07, 6.45) is -0.619. The quantitative estimate of drug-likeness (QED) is 0.426. The fourth-order valence-electron chi connectivity index (χ4n) is 1.65. The van der Waals surface area contributed by atoms with E-state index in [-0.39, 0.29) is 12.5 Å².